The SMILES string of the molecule is CN(C)Cc1ccc([C@@H]2CCCN2C(=O)c2cn[nH]c2)cc1. The summed E-state index contributed by atoms with van der Waals surface area (Å²) < 4.78 is 0. The molecule has 2 heterocycles. The summed E-state index contributed by atoms with van der Waals surface area (Å²) in [5.74, 6) is 0.0635. The van der Waals surface area contributed by atoms with Crippen molar-refractivity contribution in [1.82, 2.24) is 20.0 Å². The third kappa shape index (κ3) is 3.04. The van der Waals surface area contributed by atoms with E-state index in [1.54, 1.807) is 12.4 Å². The standard InChI is InChI=1S/C17H22N4O/c1-20(2)12-13-5-7-14(8-6-13)16-4-3-9-21(16)17(22)15-10-18-19-11-15/h5-8,10-11,16H,3-4,9,12H2,1-2H3,(H,18,19)/t16-/m0/s1. The summed E-state index contributed by atoms with van der Waals surface area (Å²) in [4.78, 5) is 16.7. The summed E-state index contributed by atoms with van der Waals surface area (Å²) in [6.45, 7) is 1.75. The van der Waals surface area contributed by atoms with Crippen molar-refractivity contribution in [3.63, 3.8) is 0 Å². The summed E-state index contributed by atoms with van der Waals surface area (Å²) >= 11 is 0. The van der Waals surface area contributed by atoms with Crippen LogP contribution in [0.2, 0.25) is 0 Å². The molecule has 1 amide bonds. The van der Waals surface area contributed by atoms with Gasteiger partial charge in [0.1, 0.15) is 0 Å². The molecule has 22 heavy (non-hydrogen) atoms. The first-order valence-electron chi connectivity index (χ1n) is 7.68. The number of carbonyl (C=O) groups is 1. The monoisotopic (exact) mass is 298 g/mol. The first kappa shape index (κ1) is 14.8. The van der Waals surface area contributed by atoms with E-state index >= 15 is 0 Å². The molecule has 1 saturated heterocycles. The van der Waals surface area contributed by atoms with E-state index in [1.807, 2.05) is 4.90 Å². The Balaban J connectivity index is 1.77. The number of likely N-dealkylation sites (tertiary alicyclic amines) is 1. The zero-order valence-electron chi connectivity index (χ0n) is 13.1. The van der Waals surface area contributed by atoms with Crippen molar-refractivity contribution in [2.24, 2.45) is 0 Å². The predicted octanol–water partition coefficient (Wildman–Crippen LogP) is 2.45. The van der Waals surface area contributed by atoms with Gasteiger partial charge < -0.3 is 9.80 Å². The number of aromatic amines is 1. The first-order valence-corrected chi connectivity index (χ1v) is 7.68. The Morgan fingerprint density at radius 3 is 2.77 bits per heavy atom. The summed E-state index contributed by atoms with van der Waals surface area (Å²) in [6, 6.07) is 8.81. The van der Waals surface area contributed by atoms with Crippen molar-refractivity contribution >= 4 is 5.91 Å². The van der Waals surface area contributed by atoms with Gasteiger partial charge in [-0.05, 0) is 38.1 Å². The molecule has 5 nitrogen and oxygen atoms in total. The maximum atomic E-state index is 12.6. The quantitative estimate of drug-likeness (QED) is 0.943. The van der Waals surface area contributed by atoms with Gasteiger partial charge in [-0.3, -0.25) is 9.89 Å². The summed E-state index contributed by atoms with van der Waals surface area (Å²) in [7, 11) is 4.13. The highest BCUT2D eigenvalue weighted by Crippen LogP contribution is 2.33. The van der Waals surface area contributed by atoms with Crippen molar-refractivity contribution in [3.05, 3.63) is 53.3 Å². The number of nitrogens with zero attached hydrogens (tertiary/aromatic N) is 3. The lowest BCUT2D eigenvalue weighted by atomic mass is 10.0. The number of nitrogens with one attached hydrogen (secondary N) is 1. The van der Waals surface area contributed by atoms with Crippen LogP contribution >= 0.6 is 0 Å². The molecular formula is C17H22N4O. The van der Waals surface area contributed by atoms with Crippen LogP contribution in [0, 0.1) is 0 Å². The number of hydrogen-bond acceptors (Lipinski definition) is 3. The maximum absolute atomic E-state index is 12.6. The Hall–Kier alpha value is -2.14. The molecule has 0 unspecified atom stereocenters. The number of aromatic nitrogens is 2. The first-order chi connectivity index (χ1) is 10.6. The zero-order chi connectivity index (χ0) is 15.5. The number of amides is 1. The van der Waals surface area contributed by atoms with Crippen molar-refractivity contribution in [3.8, 4) is 0 Å². The van der Waals surface area contributed by atoms with E-state index in [2.05, 4.69) is 53.5 Å². The highest BCUT2D eigenvalue weighted by Gasteiger charge is 2.30. The van der Waals surface area contributed by atoms with E-state index in [9.17, 15) is 4.79 Å². The van der Waals surface area contributed by atoms with E-state index in [0.717, 1.165) is 25.9 Å². The number of H-pyrrole nitrogens is 1. The van der Waals surface area contributed by atoms with Crippen molar-refractivity contribution in [2.45, 2.75) is 25.4 Å². The summed E-state index contributed by atoms with van der Waals surface area (Å²) in [5, 5.41) is 6.59. The molecule has 1 aliphatic heterocycles. The fourth-order valence-corrected chi connectivity index (χ4v) is 3.10. The summed E-state index contributed by atoms with van der Waals surface area (Å²) in [5.41, 5.74) is 3.15. The van der Waals surface area contributed by atoms with Crippen molar-refractivity contribution in [1.29, 1.82) is 0 Å². The van der Waals surface area contributed by atoms with Crippen LogP contribution in [0.5, 0.6) is 0 Å². The van der Waals surface area contributed by atoms with E-state index < -0.39 is 0 Å². The van der Waals surface area contributed by atoms with Gasteiger partial charge in [0.05, 0.1) is 17.8 Å². The molecule has 1 fully saturated rings. The number of hydrogen-bond donors (Lipinski definition) is 1. The molecule has 1 N–H and O–H groups in total. The molecule has 0 saturated carbocycles. The largest absolute Gasteiger partial charge is 0.332 e. The third-order valence-corrected chi connectivity index (χ3v) is 4.12. The molecule has 116 valence electrons. The van der Waals surface area contributed by atoms with E-state index in [1.165, 1.54) is 11.1 Å². The van der Waals surface area contributed by atoms with Gasteiger partial charge in [-0.2, -0.15) is 5.10 Å². The zero-order valence-corrected chi connectivity index (χ0v) is 13.1. The Morgan fingerprint density at radius 2 is 2.14 bits per heavy atom. The number of benzene rings is 1. The van der Waals surface area contributed by atoms with E-state index in [-0.39, 0.29) is 11.9 Å². The highest BCUT2D eigenvalue weighted by atomic mass is 16.2. The molecule has 0 bridgehead atoms. The molecule has 1 aromatic carbocycles. The topological polar surface area (TPSA) is 52.2 Å². The minimum Gasteiger partial charge on any atom is -0.332 e. The van der Waals surface area contributed by atoms with E-state index in [0.29, 0.717) is 5.56 Å². The van der Waals surface area contributed by atoms with Gasteiger partial charge in [-0.1, -0.05) is 24.3 Å². The minimum absolute atomic E-state index is 0.0635. The van der Waals surface area contributed by atoms with Gasteiger partial charge in [-0.25, -0.2) is 0 Å². The van der Waals surface area contributed by atoms with Crippen molar-refractivity contribution < 1.29 is 4.79 Å². The Kier molecular flexibility index (Phi) is 4.24. The minimum atomic E-state index is 0.0635. The van der Waals surface area contributed by atoms with Gasteiger partial charge >= 0.3 is 0 Å². The molecule has 0 spiro atoms. The van der Waals surface area contributed by atoms with Crippen LogP contribution in [0.25, 0.3) is 0 Å². The Morgan fingerprint density at radius 1 is 1.36 bits per heavy atom. The lowest BCUT2D eigenvalue weighted by Gasteiger charge is -2.25. The van der Waals surface area contributed by atoms with Crippen LogP contribution in [-0.2, 0) is 6.54 Å². The smallest absolute Gasteiger partial charge is 0.257 e. The molecule has 1 aromatic heterocycles. The predicted molar refractivity (Wildman–Crippen MR) is 85.4 cm³/mol. The Labute approximate surface area is 130 Å². The van der Waals surface area contributed by atoms with Gasteiger partial charge in [0.15, 0.2) is 0 Å². The fraction of sp³-hybridized carbons (Fsp3) is 0.412. The van der Waals surface area contributed by atoms with Gasteiger partial charge in [-0.15, -0.1) is 0 Å². The molecule has 0 radical (unpaired) electrons. The molecule has 1 aliphatic rings. The van der Waals surface area contributed by atoms with E-state index in [4.69, 9.17) is 0 Å². The molecular weight excluding hydrogens is 276 g/mol. The maximum Gasteiger partial charge on any atom is 0.257 e. The second-order valence-electron chi connectivity index (χ2n) is 6.12. The Bertz CT molecular complexity index is 619. The van der Waals surface area contributed by atoms with Crippen LogP contribution in [0.15, 0.2) is 36.7 Å². The number of rotatable bonds is 4. The summed E-state index contributed by atoms with van der Waals surface area (Å²) in [6.07, 6.45) is 5.33. The lowest BCUT2D eigenvalue weighted by molar-refractivity contribution is 0.0735. The number of carbonyl (C=O) groups excluding carboxylic acids is 1. The average Bonchev–Trinajstić information content (AvgIpc) is 3.18. The third-order valence-electron chi connectivity index (χ3n) is 4.12. The normalized spacial score (nSPS) is 18.1. The van der Waals surface area contributed by atoms with Crippen molar-refractivity contribution in [2.75, 3.05) is 20.6 Å². The van der Waals surface area contributed by atoms with Gasteiger partial charge in [0.25, 0.3) is 5.91 Å². The average molecular weight is 298 g/mol. The fourth-order valence-electron chi connectivity index (χ4n) is 3.10. The highest BCUT2D eigenvalue weighted by molar-refractivity contribution is 5.94. The second kappa shape index (κ2) is 6.32. The van der Waals surface area contributed by atoms with Crippen LogP contribution in [0.4, 0.5) is 0 Å². The molecule has 1 atom stereocenters. The second-order valence-corrected chi connectivity index (χ2v) is 6.12. The molecule has 2 aromatic rings. The van der Waals surface area contributed by atoms with Crippen LogP contribution in [0.1, 0.15) is 40.4 Å². The molecule has 0 aliphatic carbocycles. The lowest BCUT2D eigenvalue weighted by Crippen LogP contribution is -2.30. The molecule has 3 rings (SSSR count). The molecule has 5 heteroatoms. The van der Waals surface area contributed by atoms with Gasteiger partial charge in [0.2, 0.25) is 0 Å². The van der Waals surface area contributed by atoms with Crippen LogP contribution in [0.3, 0.4) is 0 Å². The van der Waals surface area contributed by atoms with Crippen LogP contribution in [-0.4, -0.2) is 46.5 Å². The van der Waals surface area contributed by atoms with Gasteiger partial charge in [0, 0.05) is 19.3 Å². The van der Waals surface area contributed by atoms with Crippen LogP contribution < -0.4 is 0 Å².